The van der Waals surface area contributed by atoms with Crippen molar-refractivity contribution in [1.29, 1.82) is 0 Å². The van der Waals surface area contributed by atoms with Crippen molar-refractivity contribution in [3.05, 3.63) is 23.8 Å². The molecular weight excluding hydrogens is 381 g/mol. The van der Waals surface area contributed by atoms with Gasteiger partial charge in [0.1, 0.15) is 0 Å². The third kappa shape index (κ3) is 5.61. The van der Waals surface area contributed by atoms with Crippen molar-refractivity contribution in [1.82, 2.24) is 10.6 Å². The predicted octanol–water partition coefficient (Wildman–Crippen LogP) is 2.74. The average Bonchev–Trinajstić information content (AvgIpc) is 2.89. The van der Waals surface area contributed by atoms with Crippen LogP contribution in [0.2, 0.25) is 0 Å². The Morgan fingerprint density at radius 2 is 2.00 bits per heavy atom. The molecule has 0 spiro atoms. The minimum atomic E-state index is 0. The Bertz CT molecular complexity index is 478. The number of fused-ring (bicyclic) bond motifs is 1. The highest BCUT2D eigenvalue weighted by atomic mass is 127. The largest absolute Gasteiger partial charge is 0.454 e. The van der Waals surface area contributed by atoms with E-state index in [0.717, 1.165) is 36.1 Å². The molecule has 5 nitrogen and oxygen atoms in total. The summed E-state index contributed by atoms with van der Waals surface area (Å²) in [5.74, 6) is 3.05. The highest BCUT2D eigenvalue weighted by Gasteiger charge is 2.12. The molecule has 1 aromatic carbocycles. The predicted molar refractivity (Wildman–Crippen MR) is 95.6 cm³/mol. The number of nitrogens with zero attached hydrogens (tertiary/aromatic N) is 1. The maximum absolute atomic E-state index is 5.37. The first kappa shape index (κ1) is 17.9. The molecule has 0 radical (unpaired) electrons. The Labute approximate surface area is 143 Å². The maximum atomic E-state index is 5.37. The summed E-state index contributed by atoms with van der Waals surface area (Å²) in [4.78, 5) is 4.58. The zero-order chi connectivity index (χ0) is 14.4. The van der Waals surface area contributed by atoms with Crippen LogP contribution < -0.4 is 20.1 Å². The minimum absolute atomic E-state index is 0. The number of halogens is 1. The lowest BCUT2D eigenvalue weighted by atomic mass is 10.2. The van der Waals surface area contributed by atoms with Crippen LogP contribution in [-0.4, -0.2) is 25.8 Å². The second kappa shape index (κ2) is 8.96. The van der Waals surface area contributed by atoms with Crippen LogP contribution in [0.5, 0.6) is 11.5 Å². The van der Waals surface area contributed by atoms with E-state index in [1.165, 1.54) is 0 Å². The summed E-state index contributed by atoms with van der Waals surface area (Å²) in [6.45, 7) is 9.10. The molecule has 6 heteroatoms. The van der Waals surface area contributed by atoms with Crippen LogP contribution in [0.25, 0.3) is 0 Å². The summed E-state index contributed by atoms with van der Waals surface area (Å²) in [5, 5.41) is 6.57. The molecule has 0 aromatic heterocycles. The van der Waals surface area contributed by atoms with Crippen molar-refractivity contribution in [2.24, 2.45) is 10.9 Å². The summed E-state index contributed by atoms with van der Waals surface area (Å²) < 4.78 is 10.7. The number of benzene rings is 1. The number of guanidine groups is 1. The summed E-state index contributed by atoms with van der Waals surface area (Å²) in [7, 11) is 0. The van der Waals surface area contributed by atoms with E-state index in [1.54, 1.807) is 0 Å². The molecule has 0 aliphatic carbocycles. The van der Waals surface area contributed by atoms with Gasteiger partial charge in [-0.05, 0) is 30.5 Å². The maximum Gasteiger partial charge on any atom is 0.231 e. The van der Waals surface area contributed by atoms with Gasteiger partial charge in [-0.3, -0.25) is 0 Å². The lowest BCUT2D eigenvalue weighted by Crippen LogP contribution is -2.39. The summed E-state index contributed by atoms with van der Waals surface area (Å²) in [5.41, 5.74) is 1.11. The molecule has 0 atom stereocenters. The van der Waals surface area contributed by atoms with E-state index in [0.29, 0.717) is 19.3 Å². The third-order valence-electron chi connectivity index (χ3n) is 2.88. The van der Waals surface area contributed by atoms with Gasteiger partial charge >= 0.3 is 0 Å². The standard InChI is InChI=1S/C15H23N3O2.HI/c1-4-16-15(17-8-11(2)3)18-9-12-5-6-13-14(7-12)20-10-19-13;/h5-7,11H,4,8-10H2,1-3H3,(H2,16,17,18);1H. The van der Waals surface area contributed by atoms with Crippen molar-refractivity contribution >= 4 is 29.9 Å². The lowest BCUT2D eigenvalue weighted by Gasteiger charge is -2.13. The van der Waals surface area contributed by atoms with Gasteiger partial charge in [-0.1, -0.05) is 19.9 Å². The SMILES string of the molecule is CCNC(=NCc1ccc2c(c1)OCO2)NCC(C)C.I. The Kier molecular flexibility index (Phi) is 7.63. The van der Waals surface area contributed by atoms with Gasteiger partial charge in [0.05, 0.1) is 6.54 Å². The second-order valence-electron chi connectivity index (χ2n) is 5.16. The third-order valence-corrected chi connectivity index (χ3v) is 2.88. The number of hydrogen-bond donors (Lipinski definition) is 2. The fraction of sp³-hybridized carbons (Fsp3) is 0.533. The van der Waals surface area contributed by atoms with E-state index in [2.05, 4.69) is 36.4 Å². The molecule has 1 aliphatic heterocycles. The number of rotatable bonds is 5. The molecule has 1 aliphatic rings. The van der Waals surface area contributed by atoms with Gasteiger partial charge in [-0.15, -0.1) is 24.0 Å². The van der Waals surface area contributed by atoms with Gasteiger partial charge in [0.2, 0.25) is 6.79 Å². The van der Waals surface area contributed by atoms with Crippen LogP contribution >= 0.6 is 24.0 Å². The van der Waals surface area contributed by atoms with Crippen molar-refractivity contribution < 1.29 is 9.47 Å². The van der Waals surface area contributed by atoms with E-state index in [9.17, 15) is 0 Å². The fourth-order valence-electron chi connectivity index (χ4n) is 1.85. The van der Waals surface area contributed by atoms with Crippen LogP contribution in [0.15, 0.2) is 23.2 Å². The lowest BCUT2D eigenvalue weighted by molar-refractivity contribution is 0.174. The smallest absolute Gasteiger partial charge is 0.231 e. The first-order valence-corrected chi connectivity index (χ1v) is 7.09. The average molecular weight is 405 g/mol. The highest BCUT2D eigenvalue weighted by Crippen LogP contribution is 2.32. The van der Waals surface area contributed by atoms with Gasteiger partial charge in [0.25, 0.3) is 0 Å². The zero-order valence-electron chi connectivity index (χ0n) is 12.8. The Morgan fingerprint density at radius 3 is 2.71 bits per heavy atom. The summed E-state index contributed by atoms with van der Waals surface area (Å²) in [6, 6.07) is 5.93. The van der Waals surface area contributed by atoms with E-state index in [4.69, 9.17) is 9.47 Å². The topological polar surface area (TPSA) is 54.9 Å². The summed E-state index contributed by atoms with van der Waals surface area (Å²) >= 11 is 0. The molecule has 2 rings (SSSR count). The molecule has 1 heterocycles. The first-order valence-electron chi connectivity index (χ1n) is 7.09. The quantitative estimate of drug-likeness (QED) is 0.450. The normalized spacial score (nSPS) is 13.0. The molecular formula is C15H24IN3O2. The molecule has 0 bridgehead atoms. The van der Waals surface area contributed by atoms with Crippen LogP contribution in [0.3, 0.4) is 0 Å². The number of nitrogens with one attached hydrogen (secondary N) is 2. The molecule has 0 unspecified atom stereocenters. The number of hydrogen-bond acceptors (Lipinski definition) is 3. The van der Waals surface area contributed by atoms with E-state index >= 15 is 0 Å². The molecule has 0 saturated heterocycles. The van der Waals surface area contributed by atoms with E-state index in [1.807, 2.05) is 18.2 Å². The van der Waals surface area contributed by atoms with Crippen molar-refractivity contribution in [2.75, 3.05) is 19.9 Å². The van der Waals surface area contributed by atoms with Crippen LogP contribution in [0.4, 0.5) is 0 Å². The Morgan fingerprint density at radius 1 is 1.24 bits per heavy atom. The number of aliphatic imine (C=N–C) groups is 1. The van der Waals surface area contributed by atoms with Crippen LogP contribution in [0, 0.1) is 5.92 Å². The fourth-order valence-corrected chi connectivity index (χ4v) is 1.85. The van der Waals surface area contributed by atoms with Gasteiger partial charge in [0.15, 0.2) is 17.5 Å². The molecule has 0 fully saturated rings. The monoisotopic (exact) mass is 405 g/mol. The van der Waals surface area contributed by atoms with Crippen LogP contribution in [-0.2, 0) is 6.54 Å². The van der Waals surface area contributed by atoms with Gasteiger partial charge in [-0.25, -0.2) is 4.99 Å². The van der Waals surface area contributed by atoms with Crippen LogP contribution in [0.1, 0.15) is 26.3 Å². The Balaban J connectivity index is 0.00000220. The van der Waals surface area contributed by atoms with Gasteiger partial charge in [0, 0.05) is 13.1 Å². The van der Waals surface area contributed by atoms with Gasteiger partial charge < -0.3 is 20.1 Å². The zero-order valence-corrected chi connectivity index (χ0v) is 15.1. The second-order valence-corrected chi connectivity index (χ2v) is 5.16. The minimum Gasteiger partial charge on any atom is -0.454 e. The molecule has 1 aromatic rings. The van der Waals surface area contributed by atoms with E-state index in [-0.39, 0.29) is 24.0 Å². The molecule has 21 heavy (non-hydrogen) atoms. The molecule has 118 valence electrons. The molecule has 0 amide bonds. The van der Waals surface area contributed by atoms with Crippen molar-refractivity contribution in [3.63, 3.8) is 0 Å². The van der Waals surface area contributed by atoms with Crippen molar-refractivity contribution in [3.8, 4) is 11.5 Å². The van der Waals surface area contributed by atoms with Gasteiger partial charge in [-0.2, -0.15) is 0 Å². The van der Waals surface area contributed by atoms with E-state index < -0.39 is 0 Å². The summed E-state index contributed by atoms with van der Waals surface area (Å²) in [6.07, 6.45) is 0. The molecule has 0 saturated carbocycles. The number of ether oxygens (including phenoxy) is 2. The first-order chi connectivity index (χ1) is 9.69. The Hall–Kier alpha value is -1.18. The highest BCUT2D eigenvalue weighted by molar-refractivity contribution is 14.0. The molecule has 2 N–H and O–H groups in total. The van der Waals surface area contributed by atoms with Crippen molar-refractivity contribution in [2.45, 2.75) is 27.3 Å².